The average Bonchev–Trinajstić information content (AvgIpc) is 2.80. The van der Waals surface area contributed by atoms with E-state index >= 15 is 0 Å². The Morgan fingerprint density at radius 2 is 1.95 bits per heavy atom. The molecule has 0 spiro atoms. The summed E-state index contributed by atoms with van der Waals surface area (Å²) >= 11 is 0. The van der Waals surface area contributed by atoms with Gasteiger partial charge in [-0.3, -0.25) is 4.68 Å². The minimum atomic E-state index is 0.352. The van der Waals surface area contributed by atoms with Crippen LogP contribution in [0.3, 0.4) is 0 Å². The maximum absolute atomic E-state index is 4.23. The van der Waals surface area contributed by atoms with Crippen molar-refractivity contribution in [1.29, 1.82) is 0 Å². The molecule has 1 heterocycles. The van der Waals surface area contributed by atoms with Crippen LogP contribution in [0, 0.1) is 5.92 Å². The maximum atomic E-state index is 4.23. The molecule has 1 N–H and O–H groups in total. The van der Waals surface area contributed by atoms with Crippen LogP contribution in [0.5, 0.6) is 0 Å². The van der Waals surface area contributed by atoms with Crippen LogP contribution in [0.1, 0.15) is 45.2 Å². The largest absolute Gasteiger partial charge is 0.309 e. The highest BCUT2D eigenvalue weighted by Crippen LogP contribution is 2.18. The predicted octanol–water partition coefficient (Wildman–Crippen LogP) is 2.44. The van der Waals surface area contributed by atoms with Gasteiger partial charge in [-0.2, -0.15) is 5.10 Å². The van der Waals surface area contributed by atoms with Crippen molar-refractivity contribution >= 4 is 0 Å². The number of rotatable bonds is 8. The summed E-state index contributed by atoms with van der Waals surface area (Å²) in [4.78, 5) is 2.35. The highest BCUT2D eigenvalue weighted by Gasteiger charge is 2.21. The van der Waals surface area contributed by atoms with Crippen LogP contribution >= 0.6 is 0 Å². The first-order valence-electron chi connectivity index (χ1n) is 7.37. The summed E-state index contributed by atoms with van der Waals surface area (Å²) in [5.74, 6) is 0.753. The molecular weight excluding hydrogens is 236 g/mol. The van der Waals surface area contributed by atoms with E-state index in [-0.39, 0.29) is 0 Å². The highest BCUT2D eigenvalue weighted by atomic mass is 15.2. The summed E-state index contributed by atoms with van der Waals surface area (Å²) in [7, 11) is 6.32. The molecule has 1 rings (SSSR count). The molecule has 4 heteroatoms. The number of nitrogens with one attached hydrogen (secondary N) is 1. The second-order valence-corrected chi connectivity index (χ2v) is 5.68. The second kappa shape index (κ2) is 7.65. The van der Waals surface area contributed by atoms with Crippen LogP contribution in [0.25, 0.3) is 0 Å². The standard InChI is InChI=1S/C15H30N4/c1-7-13(8-2)15(18(4)5)10-16-12(3)14-9-17-19(6)11-14/h9,11-13,15-16H,7-8,10H2,1-6H3. The van der Waals surface area contributed by atoms with Gasteiger partial charge in [0.05, 0.1) is 6.20 Å². The van der Waals surface area contributed by atoms with Gasteiger partial charge in [0, 0.05) is 37.4 Å². The summed E-state index contributed by atoms with van der Waals surface area (Å²) in [6.45, 7) is 7.80. The molecule has 0 aliphatic heterocycles. The third kappa shape index (κ3) is 4.62. The van der Waals surface area contributed by atoms with Crippen molar-refractivity contribution in [2.45, 2.75) is 45.7 Å². The van der Waals surface area contributed by atoms with Gasteiger partial charge in [-0.05, 0) is 26.9 Å². The summed E-state index contributed by atoms with van der Waals surface area (Å²) in [5, 5.41) is 7.88. The fourth-order valence-corrected chi connectivity index (χ4v) is 2.68. The summed E-state index contributed by atoms with van der Waals surface area (Å²) in [6, 6.07) is 0.944. The van der Waals surface area contributed by atoms with E-state index in [1.54, 1.807) is 0 Å². The molecule has 0 aliphatic carbocycles. The zero-order valence-corrected chi connectivity index (χ0v) is 13.3. The molecule has 1 aromatic heterocycles. The first-order valence-corrected chi connectivity index (χ1v) is 7.37. The van der Waals surface area contributed by atoms with Gasteiger partial charge < -0.3 is 10.2 Å². The number of hydrogen-bond acceptors (Lipinski definition) is 3. The summed E-state index contributed by atoms with van der Waals surface area (Å²) in [5.41, 5.74) is 1.25. The minimum absolute atomic E-state index is 0.352. The third-order valence-electron chi connectivity index (χ3n) is 4.11. The lowest BCUT2D eigenvalue weighted by Crippen LogP contribution is -2.43. The molecule has 4 nitrogen and oxygen atoms in total. The summed E-state index contributed by atoms with van der Waals surface area (Å²) in [6.07, 6.45) is 6.50. The van der Waals surface area contributed by atoms with E-state index in [9.17, 15) is 0 Å². The van der Waals surface area contributed by atoms with Crippen molar-refractivity contribution < 1.29 is 0 Å². The first-order chi connectivity index (χ1) is 8.99. The van der Waals surface area contributed by atoms with Gasteiger partial charge in [0.2, 0.25) is 0 Å². The topological polar surface area (TPSA) is 33.1 Å². The van der Waals surface area contributed by atoms with Crippen LogP contribution in [-0.2, 0) is 7.05 Å². The number of aryl methyl sites for hydroxylation is 1. The Morgan fingerprint density at radius 3 is 2.37 bits per heavy atom. The molecule has 0 saturated carbocycles. The minimum Gasteiger partial charge on any atom is -0.309 e. The molecule has 1 aromatic rings. The molecule has 110 valence electrons. The van der Waals surface area contributed by atoms with Crippen LogP contribution in [0.2, 0.25) is 0 Å². The molecular formula is C15H30N4. The van der Waals surface area contributed by atoms with E-state index in [1.807, 2.05) is 17.9 Å². The molecule has 0 aliphatic rings. The van der Waals surface area contributed by atoms with Crippen LogP contribution in [0.4, 0.5) is 0 Å². The lowest BCUT2D eigenvalue weighted by Gasteiger charge is -2.32. The van der Waals surface area contributed by atoms with Crippen molar-refractivity contribution in [2.75, 3.05) is 20.6 Å². The Bertz CT molecular complexity index is 355. The number of nitrogens with zero attached hydrogens (tertiary/aromatic N) is 3. The van der Waals surface area contributed by atoms with Gasteiger partial charge in [-0.15, -0.1) is 0 Å². The third-order valence-corrected chi connectivity index (χ3v) is 4.11. The maximum Gasteiger partial charge on any atom is 0.0537 e. The van der Waals surface area contributed by atoms with Crippen molar-refractivity contribution in [3.8, 4) is 0 Å². The Balaban J connectivity index is 2.56. The molecule has 0 amide bonds. The van der Waals surface area contributed by atoms with E-state index in [4.69, 9.17) is 0 Å². The van der Waals surface area contributed by atoms with Gasteiger partial charge in [0.15, 0.2) is 0 Å². The van der Waals surface area contributed by atoms with E-state index < -0.39 is 0 Å². The van der Waals surface area contributed by atoms with Gasteiger partial charge in [0.25, 0.3) is 0 Å². The second-order valence-electron chi connectivity index (χ2n) is 5.68. The fraction of sp³-hybridized carbons (Fsp3) is 0.800. The molecule has 2 atom stereocenters. The molecule has 2 unspecified atom stereocenters. The average molecular weight is 266 g/mol. The van der Waals surface area contributed by atoms with E-state index in [2.05, 4.69) is 56.4 Å². The lowest BCUT2D eigenvalue weighted by atomic mass is 9.93. The van der Waals surface area contributed by atoms with Crippen molar-refractivity contribution in [2.24, 2.45) is 13.0 Å². The molecule has 0 radical (unpaired) electrons. The van der Waals surface area contributed by atoms with Gasteiger partial charge >= 0.3 is 0 Å². The Kier molecular flexibility index (Phi) is 6.52. The van der Waals surface area contributed by atoms with Crippen molar-refractivity contribution in [3.63, 3.8) is 0 Å². The molecule has 0 aromatic carbocycles. The normalized spacial score (nSPS) is 15.2. The van der Waals surface area contributed by atoms with Crippen LogP contribution < -0.4 is 5.32 Å². The number of hydrogen-bond donors (Lipinski definition) is 1. The molecule has 0 bridgehead atoms. The van der Waals surface area contributed by atoms with E-state index in [0.717, 1.165) is 12.5 Å². The molecule has 19 heavy (non-hydrogen) atoms. The predicted molar refractivity (Wildman–Crippen MR) is 81.2 cm³/mol. The fourth-order valence-electron chi connectivity index (χ4n) is 2.68. The van der Waals surface area contributed by atoms with E-state index in [0.29, 0.717) is 12.1 Å². The smallest absolute Gasteiger partial charge is 0.0537 e. The number of aromatic nitrogens is 2. The zero-order valence-electron chi connectivity index (χ0n) is 13.3. The van der Waals surface area contributed by atoms with Crippen molar-refractivity contribution in [1.82, 2.24) is 20.0 Å². The lowest BCUT2D eigenvalue weighted by molar-refractivity contribution is 0.190. The highest BCUT2D eigenvalue weighted by molar-refractivity contribution is 5.08. The number of likely N-dealkylation sites (N-methyl/N-ethyl adjacent to an activating group) is 1. The van der Waals surface area contributed by atoms with E-state index in [1.165, 1.54) is 18.4 Å². The molecule has 0 fully saturated rings. The van der Waals surface area contributed by atoms with Crippen LogP contribution in [-0.4, -0.2) is 41.4 Å². The molecule has 0 saturated heterocycles. The first kappa shape index (κ1) is 16.2. The quantitative estimate of drug-likeness (QED) is 0.784. The SMILES string of the molecule is CCC(CC)C(CNC(C)c1cnn(C)c1)N(C)C. The van der Waals surface area contributed by atoms with Crippen molar-refractivity contribution in [3.05, 3.63) is 18.0 Å². The monoisotopic (exact) mass is 266 g/mol. The Hall–Kier alpha value is -0.870. The van der Waals surface area contributed by atoms with Gasteiger partial charge in [-0.25, -0.2) is 0 Å². The van der Waals surface area contributed by atoms with Crippen LogP contribution in [0.15, 0.2) is 12.4 Å². The Labute approximate surface area is 118 Å². The summed E-state index contributed by atoms with van der Waals surface area (Å²) < 4.78 is 1.86. The van der Waals surface area contributed by atoms with Gasteiger partial charge in [-0.1, -0.05) is 26.7 Å². The van der Waals surface area contributed by atoms with Gasteiger partial charge in [0.1, 0.15) is 0 Å². The zero-order chi connectivity index (χ0) is 14.4. The Morgan fingerprint density at radius 1 is 1.32 bits per heavy atom.